The molecule has 0 radical (unpaired) electrons. The number of nitrogens with one attached hydrogen (secondary N) is 1. The van der Waals surface area contributed by atoms with Crippen LogP contribution in [0.4, 0.5) is 8.78 Å². The Morgan fingerprint density at radius 1 is 1.00 bits per heavy atom. The molecule has 0 aliphatic rings. The highest BCUT2D eigenvalue weighted by Gasteiger charge is 2.12. The van der Waals surface area contributed by atoms with E-state index in [2.05, 4.69) is 10.3 Å². The number of hydrogen-bond acceptors (Lipinski definition) is 2. The topological polar surface area (TPSA) is 24.9 Å². The maximum Gasteiger partial charge on any atom is 0.141 e. The first-order valence-corrected chi connectivity index (χ1v) is 6.19. The summed E-state index contributed by atoms with van der Waals surface area (Å²) in [5, 5.41) is 3.31. The van der Waals surface area contributed by atoms with E-state index >= 15 is 0 Å². The summed E-state index contributed by atoms with van der Waals surface area (Å²) in [5.41, 5.74) is 1.62. The van der Waals surface area contributed by atoms with Gasteiger partial charge in [0, 0.05) is 12.1 Å². The van der Waals surface area contributed by atoms with E-state index in [0.717, 1.165) is 11.3 Å². The highest BCUT2D eigenvalue weighted by Crippen LogP contribution is 2.18. The molecule has 1 aromatic carbocycles. The van der Waals surface area contributed by atoms with E-state index in [9.17, 15) is 8.78 Å². The molecule has 0 aliphatic carbocycles. The number of hydrogen-bond donors (Lipinski definition) is 1. The van der Waals surface area contributed by atoms with E-state index in [1.807, 2.05) is 19.9 Å². The van der Waals surface area contributed by atoms with Crippen LogP contribution in [0.1, 0.15) is 37.2 Å². The number of nitrogens with zero attached hydrogens (tertiary/aromatic N) is 1. The predicted octanol–water partition coefficient (Wildman–Crippen LogP) is 3.77. The molecule has 0 bridgehead atoms. The van der Waals surface area contributed by atoms with Crippen LogP contribution in [0.3, 0.4) is 0 Å². The molecule has 0 saturated heterocycles. The molecule has 1 aromatic heterocycles. The SMILES string of the molecule is CC(N[C@H](C)c1cccc(F)c1)c1ccc(F)cn1. The summed E-state index contributed by atoms with van der Waals surface area (Å²) in [6.45, 7) is 3.89. The van der Waals surface area contributed by atoms with Gasteiger partial charge in [0.2, 0.25) is 0 Å². The van der Waals surface area contributed by atoms with Gasteiger partial charge < -0.3 is 5.32 Å². The number of rotatable bonds is 4. The fourth-order valence-electron chi connectivity index (χ4n) is 1.98. The Morgan fingerprint density at radius 2 is 1.79 bits per heavy atom. The second-order valence-corrected chi connectivity index (χ2v) is 4.57. The van der Waals surface area contributed by atoms with Gasteiger partial charge in [-0.1, -0.05) is 12.1 Å². The molecule has 0 fully saturated rings. The normalized spacial score (nSPS) is 14.1. The van der Waals surface area contributed by atoms with Crippen molar-refractivity contribution < 1.29 is 8.78 Å². The Morgan fingerprint density at radius 3 is 2.42 bits per heavy atom. The van der Waals surface area contributed by atoms with Crippen LogP contribution in [0.5, 0.6) is 0 Å². The quantitative estimate of drug-likeness (QED) is 0.907. The number of aromatic nitrogens is 1. The van der Waals surface area contributed by atoms with Crippen molar-refractivity contribution in [1.29, 1.82) is 0 Å². The van der Waals surface area contributed by atoms with Crippen molar-refractivity contribution in [3.63, 3.8) is 0 Å². The fourth-order valence-corrected chi connectivity index (χ4v) is 1.98. The zero-order valence-corrected chi connectivity index (χ0v) is 10.9. The van der Waals surface area contributed by atoms with Gasteiger partial charge in [-0.15, -0.1) is 0 Å². The zero-order valence-electron chi connectivity index (χ0n) is 10.9. The van der Waals surface area contributed by atoms with Crippen molar-refractivity contribution >= 4 is 0 Å². The van der Waals surface area contributed by atoms with E-state index in [1.54, 1.807) is 12.1 Å². The van der Waals surface area contributed by atoms with Gasteiger partial charge in [-0.3, -0.25) is 4.98 Å². The van der Waals surface area contributed by atoms with Crippen LogP contribution in [0.25, 0.3) is 0 Å². The molecule has 0 saturated carbocycles. The van der Waals surface area contributed by atoms with Crippen LogP contribution in [-0.2, 0) is 0 Å². The summed E-state index contributed by atoms with van der Waals surface area (Å²) in [6.07, 6.45) is 1.19. The summed E-state index contributed by atoms with van der Waals surface area (Å²) in [6, 6.07) is 9.44. The molecular weight excluding hydrogens is 246 g/mol. The highest BCUT2D eigenvalue weighted by atomic mass is 19.1. The van der Waals surface area contributed by atoms with Gasteiger partial charge in [-0.05, 0) is 43.7 Å². The molecule has 0 aliphatic heterocycles. The minimum absolute atomic E-state index is 0.0162. The lowest BCUT2D eigenvalue weighted by molar-refractivity contribution is 0.482. The molecule has 19 heavy (non-hydrogen) atoms. The maximum absolute atomic E-state index is 13.2. The smallest absolute Gasteiger partial charge is 0.141 e. The number of benzene rings is 1. The Bertz CT molecular complexity index is 540. The third-order valence-electron chi connectivity index (χ3n) is 3.04. The van der Waals surface area contributed by atoms with Crippen molar-refractivity contribution in [1.82, 2.24) is 10.3 Å². The van der Waals surface area contributed by atoms with Crippen molar-refractivity contribution in [2.24, 2.45) is 0 Å². The molecule has 1 unspecified atom stereocenters. The molecule has 2 rings (SSSR count). The second kappa shape index (κ2) is 5.89. The zero-order chi connectivity index (χ0) is 13.8. The van der Waals surface area contributed by atoms with Crippen LogP contribution < -0.4 is 5.32 Å². The summed E-state index contributed by atoms with van der Waals surface area (Å²) in [5.74, 6) is -0.604. The minimum Gasteiger partial charge on any atom is -0.302 e. The van der Waals surface area contributed by atoms with E-state index < -0.39 is 0 Å². The fraction of sp³-hybridized carbons (Fsp3) is 0.267. The molecule has 1 heterocycles. The molecule has 1 N–H and O–H groups in total. The van der Waals surface area contributed by atoms with Crippen LogP contribution in [0.15, 0.2) is 42.6 Å². The molecule has 2 atom stereocenters. The van der Waals surface area contributed by atoms with Crippen molar-refractivity contribution in [3.8, 4) is 0 Å². The first-order chi connectivity index (χ1) is 9.06. The van der Waals surface area contributed by atoms with E-state index in [0.29, 0.717) is 0 Å². The van der Waals surface area contributed by atoms with Gasteiger partial charge in [0.25, 0.3) is 0 Å². The summed E-state index contributed by atoms with van der Waals surface area (Å²) in [4.78, 5) is 4.03. The third kappa shape index (κ3) is 3.58. The minimum atomic E-state index is -0.353. The summed E-state index contributed by atoms with van der Waals surface area (Å²) in [7, 11) is 0. The molecule has 100 valence electrons. The van der Waals surface area contributed by atoms with Gasteiger partial charge in [0.05, 0.1) is 11.9 Å². The molecular formula is C15H16F2N2. The van der Waals surface area contributed by atoms with Crippen LogP contribution in [0, 0.1) is 11.6 Å². The molecule has 0 amide bonds. The largest absolute Gasteiger partial charge is 0.302 e. The average molecular weight is 262 g/mol. The average Bonchev–Trinajstić information content (AvgIpc) is 2.39. The van der Waals surface area contributed by atoms with Gasteiger partial charge in [0.15, 0.2) is 0 Å². The van der Waals surface area contributed by atoms with E-state index in [-0.39, 0.29) is 23.7 Å². The van der Waals surface area contributed by atoms with Crippen molar-refractivity contribution in [2.45, 2.75) is 25.9 Å². The molecule has 0 spiro atoms. The Hall–Kier alpha value is -1.81. The maximum atomic E-state index is 13.2. The van der Waals surface area contributed by atoms with Crippen molar-refractivity contribution in [3.05, 3.63) is 65.5 Å². The van der Waals surface area contributed by atoms with E-state index in [4.69, 9.17) is 0 Å². The van der Waals surface area contributed by atoms with Gasteiger partial charge in [0.1, 0.15) is 11.6 Å². The van der Waals surface area contributed by atoms with Crippen LogP contribution in [-0.4, -0.2) is 4.98 Å². The Kier molecular flexibility index (Phi) is 4.22. The van der Waals surface area contributed by atoms with Crippen LogP contribution >= 0.6 is 0 Å². The molecule has 2 aromatic rings. The first kappa shape index (κ1) is 13.6. The monoisotopic (exact) mass is 262 g/mol. The second-order valence-electron chi connectivity index (χ2n) is 4.57. The van der Waals surface area contributed by atoms with Crippen LogP contribution in [0.2, 0.25) is 0 Å². The predicted molar refractivity (Wildman–Crippen MR) is 70.6 cm³/mol. The van der Waals surface area contributed by atoms with Crippen molar-refractivity contribution in [2.75, 3.05) is 0 Å². The van der Waals surface area contributed by atoms with E-state index in [1.165, 1.54) is 24.4 Å². The van der Waals surface area contributed by atoms with Gasteiger partial charge in [-0.25, -0.2) is 8.78 Å². The third-order valence-corrected chi connectivity index (χ3v) is 3.04. The van der Waals surface area contributed by atoms with Gasteiger partial charge >= 0.3 is 0 Å². The highest BCUT2D eigenvalue weighted by molar-refractivity contribution is 5.20. The number of halogens is 2. The Labute approximate surface area is 111 Å². The summed E-state index contributed by atoms with van der Waals surface area (Å²) < 4.78 is 25.9. The lowest BCUT2D eigenvalue weighted by Gasteiger charge is -2.20. The number of pyridine rings is 1. The van der Waals surface area contributed by atoms with Gasteiger partial charge in [-0.2, -0.15) is 0 Å². The standard InChI is InChI=1S/C15H16F2N2/c1-10(12-4-3-5-13(16)8-12)19-11(2)15-7-6-14(17)9-18-15/h3-11,19H,1-2H3/t10-,11?/m1/s1. The Balaban J connectivity index is 2.06. The molecule has 4 heteroatoms. The lowest BCUT2D eigenvalue weighted by atomic mass is 10.1. The molecule has 2 nitrogen and oxygen atoms in total. The first-order valence-electron chi connectivity index (χ1n) is 6.19. The summed E-state index contributed by atoms with van der Waals surface area (Å²) >= 11 is 0. The lowest BCUT2D eigenvalue weighted by Crippen LogP contribution is -2.23.